The van der Waals surface area contributed by atoms with Crippen LogP contribution < -0.4 is 10.6 Å². The molecule has 20 heavy (non-hydrogen) atoms. The Balaban J connectivity index is 1.65. The van der Waals surface area contributed by atoms with E-state index in [9.17, 15) is 9.00 Å². The summed E-state index contributed by atoms with van der Waals surface area (Å²) in [7, 11) is -0.919. The van der Waals surface area contributed by atoms with Gasteiger partial charge in [0.05, 0.1) is 0 Å². The van der Waals surface area contributed by atoms with Gasteiger partial charge in [0.1, 0.15) is 0 Å². The minimum atomic E-state index is -0.919. The maximum atomic E-state index is 11.9. The van der Waals surface area contributed by atoms with Gasteiger partial charge >= 0.3 is 0 Å². The molecule has 110 valence electrons. The van der Waals surface area contributed by atoms with Crippen LogP contribution in [0.4, 0.5) is 0 Å². The van der Waals surface area contributed by atoms with Crippen molar-refractivity contribution in [2.24, 2.45) is 5.92 Å². The number of piperidine rings is 1. The molecule has 4 nitrogen and oxygen atoms in total. The van der Waals surface area contributed by atoms with Gasteiger partial charge in [-0.15, -0.1) is 0 Å². The molecule has 2 N–H and O–H groups in total. The Hall–Kier alpha value is -1.20. The maximum Gasteiger partial charge on any atom is 0.223 e. The van der Waals surface area contributed by atoms with Crippen LogP contribution in [0.15, 0.2) is 30.3 Å². The van der Waals surface area contributed by atoms with Crippen molar-refractivity contribution >= 4 is 16.7 Å². The molecule has 1 atom stereocenters. The number of nitrogens with one attached hydrogen (secondary N) is 2. The van der Waals surface area contributed by atoms with Crippen molar-refractivity contribution in [2.75, 3.05) is 25.4 Å². The summed E-state index contributed by atoms with van der Waals surface area (Å²) in [5, 5.41) is 6.15. The van der Waals surface area contributed by atoms with Crippen molar-refractivity contribution in [1.82, 2.24) is 10.6 Å². The summed E-state index contributed by atoms with van der Waals surface area (Å²) >= 11 is 0. The third-order valence-electron chi connectivity index (χ3n) is 3.51. The summed E-state index contributed by atoms with van der Waals surface area (Å²) in [6.07, 6.45) is 1.80. The lowest BCUT2D eigenvalue weighted by Crippen LogP contribution is -2.39. The van der Waals surface area contributed by atoms with Crippen LogP contribution in [-0.2, 0) is 21.3 Å². The van der Waals surface area contributed by atoms with Crippen LogP contribution in [0.5, 0.6) is 0 Å². The largest absolute Gasteiger partial charge is 0.355 e. The highest BCUT2D eigenvalue weighted by molar-refractivity contribution is 7.84. The molecule has 2 rings (SSSR count). The van der Waals surface area contributed by atoms with E-state index < -0.39 is 10.8 Å². The van der Waals surface area contributed by atoms with Crippen LogP contribution in [0.2, 0.25) is 0 Å². The highest BCUT2D eigenvalue weighted by Crippen LogP contribution is 2.11. The SMILES string of the molecule is O=C(NCCS(=O)Cc1ccccc1)C1CCNCC1. The lowest BCUT2D eigenvalue weighted by Gasteiger charge is -2.21. The molecular formula is C15H22N2O2S. The van der Waals surface area contributed by atoms with Crippen molar-refractivity contribution in [3.63, 3.8) is 0 Å². The van der Waals surface area contributed by atoms with E-state index in [0.717, 1.165) is 31.5 Å². The number of carbonyl (C=O) groups excluding carboxylic acids is 1. The first-order chi connectivity index (χ1) is 9.75. The number of amides is 1. The number of hydrogen-bond donors (Lipinski definition) is 2. The van der Waals surface area contributed by atoms with Gasteiger partial charge < -0.3 is 10.6 Å². The molecule has 0 aliphatic carbocycles. The lowest BCUT2D eigenvalue weighted by molar-refractivity contribution is -0.125. The first kappa shape index (κ1) is 15.2. The zero-order valence-electron chi connectivity index (χ0n) is 11.6. The van der Waals surface area contributed by atoms with Crippen LogP contribution in [0.3, 0.4) is 0 Å². The monoisotopic (exact) mass is 294 g/mol. The fraction of sp³-hybridized carbons (Fsp3) is 0.533. The van der Waals surface area contributed by atoms with Crippen LogP contribution in [-0.4, -0.2) is 35.5 Å². The maximum absolute atomic E-state index is 11.9. The molecule has 0 saturated carbocycles. The molecule has 1 fully saturated rings. The molecule has 1 unspecified atom stereocenters. The van der Waals surface area contributed by atoms with Gasteiger partial charge in [0, 0.05) is 34.8 Å². The molecule has 0 bridgehead atoms. The molecule has 1 amide bonds. The fourth-order valence-corrected chi connectivity index (χ4v) is 3.39. The number of rotatable bonds is 6. The second kappa shape index (κ2) is 8.17. The van der Waals surface area contributed by atoms with Crippen LogP contribution in [0.1, 0.15) is 18.4 Å². The molecule has 1 aliphatic rings. The molecule has 1 aromatic rings. The third kappa shape index (κ3) is 5.06. The topological polar surface area (TPSA) is 58.2 Å². The summed E-state index contributed by atoms with van der Waals surface area (Å²) < 4.78 is 11.9. The molecule has 1 heterocycles. The Labute approximate surface area is 122 Å². The van der Waals surface area contributed by atoms with Gasteiger partial charge in [-0.05, 0) is 31.5 Å². The predicted molar refractivity (Wildman–Crippen MR) is 81.8 cm³/mol. The Bertz CT molecular complexity index is 444. The molecule has 1 aliphatic heterocycles. The third-order valence-corrected chi connectivity index (χ3v) is 4.82. The minimum Gasteiger partial charge on any atom is -0.355 e. The fourth-order valence-electron chi connectivity index (χ4n) is 2.35. The van der Waals surface area contributed by atoms with E-state index >= 15 is 0 Å². The predicted octanol–water partition coefficient (Wildman–Crippen LogP) is 1.05. The number of carbonyl (C=O) groups is 1. The Kier molecular flexibility index (Phi) is 6.21. The molecule has 0 spiro atoms. The van der Waals surface area contributed by atoms with Gasteiger partial charge in [-0.2, -0.15) is 0 Å². The highest BCUT2D eigenvalue weighted by atomic mass is 32.2. The lowest BCUT2D eigenvalue weighted by atomic mass is 9.97. The zero-order chi connectivity index (χ0) is 14.2. The van der Waals surface area contributed by atoms with E-state index in [-0.39, 0.29) is 11.8 Å². The summed E-state index contributed by atoms with van der Waals surface area (Å²) in [6.45, 7) is 2.33. The smallest absolute Gasteiger partial charge is 0.223 e. The molecule has 1 saturated heterocycles. The van der Waals surface area contributed by atoms with Gasteiger partial charge in [0.25, 0.3) is 0 Å². The van der Waals surface area contributed by atoms with E-state index in [2.05, 4.69) is 10.6 Å². The summed E-state index contributed by atoms with van der Waals surface area (Å²) in [5.74, 6) is 1.32. The second-order valence-corrected chi connectivity index (χ2v) is 6.67. The second-order valence-electron chi connectivity index (χ2n) is 5.09. The summed E-state index contributed by atoms with van der Waals surface area (Å²) in [5.41, 5.74) is 1.08. The summed E-state index contributed by atoms with van der Waals surface area (Å²) in [4.78, 5) is 11.9. The van der Waals surface area contributed by atoms with E-state index in [0.29, 0.717) is 18.1 Å². The molecule has 5 heteroatoms. The Morgan fingerprint density at radius 1 is 1.25 bits per heavy atom. The van der Waals surface area contributed by atoms with Crippen molar-refractivity contribution < 1.29 is 9.00 Å². The van der Waals surface area contributed by atoms with Crippen molar-refractivity contribution in [3.05, 3.63) is 35.9 Å². The van der Waals surface area contributed by atoms with Crippen LogP contribution >= 0.6 is 0 Å². The first-order valence-electron chi connectivity index (χ1n) is 7.13. The zero-order valence-corrected chi connectivity index (χ0v) is 12.5. The van der Waals surface area contributed by atoms with Gasteiger partial charge in [-0.25, -0.2) is 0 Å². The van der Waals surface area contributed by atoms with Gasteiger partial charge in [-0.1, -0.05) is 30.3 Å². The van der Waals surface area contributed by atoms with Gasteiger partial charge in [0.15, 0.2) is 0 Å². The van der Waals surface area contributed by atoms with Crippen LogP contribution in [0, 0.1) is 5.92 Å². The van der Waals surface area contributed by atoms with Gasteiger partial charge in [-0.3, -0.25) is 9.00 Å². The van der Waals surface area contributed by atoms with E-state index in [4.69, 9.17) is 0 Å². The van der Waals surface area contributed by atoms with Crippen LogP contribution in [0.25, 0.3) is 0 Å². The van der Waals surface area contributed by atoms with Gasteiger partial charge in [0.2, 0.25) is 5.91 Å². The molecular weight excluding hydrogens is 272 g/mol. The molecule has 0 aromatic heterocycles. The van der Waals surface area contributed by atoms with Crippen molar-refractivity contribution in [3.8, 4) is 0 Å². The standard InChI is InChI=1S/C15H22N2O2S/c18-15(14-6-8-16-9-7-14)17-10-11-20(19)12-13-4-2-1-3-5-13/h1-5,14,16H,6-12H2,(H,17,18). The average molecular weight is 294 g/mol. The number of hydrogen-bond acceptors (Lipinski definition) is 3. The first-order valence-corrected chi connectivity index (χ1v) is 8.62. The average Bonchev–Trinajstić information content (AvgIpc) is 2.49. The minimum absolute atomic E-state index is 0.114. The van der Waals surface area contributed by atoms with E-state index in [1.807, 2.05) is 30.3 Å². The highest BCUT2D eigenvalue weighted by Gasteiger charge is 2.20. The quantitative estimate of drug-likeness (QED) is 0.824. The molecule has 0 radical (unpaired) electrons. The Morgan fingerprint density at radius 3 is 2.65 bits per heavy atom. The van der Waals surface area contributed by atoms with E-state index in [1.54, 1.807) is 0 Å². The van der Waals surface area contributed by atoms with Crippen molar-refractivity contribution in [2.45, 2.75) is 18.6 Å². The number of benzene rings is 1. The Morgan fingerprint density at radius 2 is 1.95 bits per heavy atom. The van der Waals surface area contributed by atoms with E-state index in [1.165, 1.54) is 0 Å². The summed E-state index contributed by atoms with van der Waals surface area (Å²) in [6, 6.07) is 9.81. The van der Waals surface area contributed by atoms with Crippen molar-refractivity contribution in [1.29, 1.82) is 0 Å². The molecule has 1 aromatic carbocycles. The normalized spacial score (nSPS) is 17.6.